The number of thiazole rings is 1. The molecular weight excluding hydrogens is 389 g/mol. The average molecular weight is 396 g/mol. The quantitative estimate of drug-likeness (QED) is 0.639. The van der Waals surface area contributed by atoms with E-state index < -0.39 is 5.91 Å². The maximum Gasteiger partial charge on any atom is 0.290 e. The molecule has 1 aromatic carbocycles. The molecule has 1 aliphatic heterocycles. The van der Waals surface area contributed by atoms with Crippen LogP contribution in [0.2, 0.25) is 10.0 Å². The fourth-order valence-corrected chi connectivity index (χ4v) is 4.24. The first-order chi connectivity index (χ1) is 11.5. The Labute approximate surface area is 154 Å². The number of amides is 2. The van der Waals surface area contributed by atoms with E-state index >= 15 is 0 Å². The summed E-state index contributed by atoms with van der Waals surface area (Å²) in [4.78, 5) is 28.9. The van der Waals surface area contributed by atoms with Crippen LogP contribution in [0.1, 0.15) is 5.69 Å². The van der Waals surface area contributed by atoms with Crippen LogP contribution in [0.15, 0.2) is 34.7 Å². The number of nitrogens with zero attached hydrogens (tertiary/aromatic N) is 2. The van der Waals surface area contributed by atoms with E-state index in [0.717, 1.165) is 16.7 Å². The fourth-order valence-electron chi connectivity index (χ4n) is 2.37. The minimum Gasteiger partial charge on any atom is -0.290 e. The van der Waals surface area contributed by atoms with Gasteiger partial charge < -0.3 is 0 Å². The summed E-state index contributed by atoms with van der Waals surface area (Å²) >= 11 is 14.6. The molecule has 5 nitrogen and oxygen atoms in total. The van der Waals surface area contributed by atoms with E-state index in [4.69, 9.17) is 23.2 Å². The summed E-state index contributed by atoms with van der Waals surface area (Å²) in [5, 5.41) is 4.75. The molecular formula is C15H7Cl2N3O2S2. The molecule has 0 spiro atoms. The van der Waals surface area contributed by atoms with Crippen molar-refractivity contribution in [1.82, 2.24) is 14.7 Å². The number of hydrogen-bond acceptors (Lipinski definition) is 5. The fraction of sp³-hybridized carbons (Fsp3) is 0. The molecule has 0 bridgehead atoms. The van der Waals surface area contributed by atoms with Crippen LogP contribution in [-0.4, -0.2) is 20.5 Å². The highest BCUT2D eigenvalue weighted by Crippen LogP contribution is 2.36. The van der Waals surface area contributed by atoms with Gasteiger partial charge in [-0.2, -0.15) is 0 Å². The van der Waals surface area contributed by atoms with Crippen molar-refractivity contribution < 1.29 is 9.59 Å². The van der Waals surface area contributed by atoms with Crippen LogP contribution in [-0.2, 0) is 4.79 Å². The minimum atomic E-state index is -0.414. The standard InChI is InChI=1S/C15H7Cl2N3O2S2/c16-7-1-2-8(9(17)5-7)12-10(20-3-4-23-14(20)18-12)6-11-13(21)19-15(22)24-11/h1-6H,(H,19,21,22). The summed E-state index contributed by atoms with van der Waals surface area (Å²) in [6.07, 6.45) is 3.50. The molecule has 0 radical (unpaired) electrons. The molecule has 0 aliphatic carbocycles. The predicted molar refractivity (Wildman–Crippen MR) is 97.6 cm³/mol. The molecule has 1 saturated heterocycles. The Morgan fingerprint density at radius 2 is 2.08 bits per heavy atom. The molecule has 0 atom stereocenters. The zero-order valence-corrected chi connectivity index (χ0v) is 14.9. The van der Waals surface area contributed by atoms with Crippen molar-refractivity contribution in [1.29, 1.82) is 0 Å². The van der Waals surface area contributed by atoms with Gasteiger partial charge in [-0.15, -0.1) is 11.3 Å². The second-order valence-electron chi connectivity index (χ2n) is 4.88. The van der Waals surface area contributed by atoms with Gasteiger partial charge in [-0.25, -0.2) is 4.98 Å². The van der Waals surface area contributed by atoms with Crippen molar-refractivity contribution in [2.45, 2.75) is 0 Å². The van der Waals surface area contributed by atoms with Crippen LogP contribution >= 0.6 is 46.3 Å². The van der Waals surface area contributed by atoms with Crippen LogP contribution in [0, 0.1) is 0 Å². The predicted octanol–water partition coefficient (Wildman–Crippen LogP) is 4.69. The van der Waals surface area contributed by atoms with Crippen molar-refractivity contribution in [3.8, 4) is 11.3 Å². The monoisotopic (exact) mass is 395 g/mol. The van der Waals surface area contributed by atoms with Gasteiger partial charge in [-0.05, 0) is 36.0 Å². The lowest BCUT2D eigenvalue weighted by atomic mass is 10.1. The van der Waals surface area contributed by atoms with Gasteiger partial charge in [0.15, 0.2) is 4.96 Å². The van der Waals surface area contributed by atoms with Crippen LogP contribution < -0.4 is 5.32 Å². The first-order valence-electron chi connectivity index (χ1n) is 6.69. The summed E-state index contributed by atoms with van der Waals surface area (Å²) in [6, 6.07) is 5.16. The maximum absolute atomic E-state index is 11.9. The van der Waals surface area contributed by atoms with Gasteiger partial charge in [0, 0.05) is 22.2 Å². The second kappa shape index (κ2) is 5.93. The zero-order valence-electron chi connectivity index (χ0n) is 11.7. The highest BCUT2D eigenvalue weighted by atomic mass is 35.5. The normalized spacial score (nSPS) is 16.3. The molecule has 9 heteroatoms. The molecule has 3 heterocycles. The van der Waals surface area contributed by atoms with Gasteiger partial charge in [0.05, 0.1) is 21.3 Å². The lowest BCUT2D eigenvalue weighted by Gasteiger charge is -2.04. The molecule has 2 amide bonds. The van der Waals surface area contributed by atoms with Gasteiger partial charge in [-0.3, -0.25) is 19.3 Å². The molecule has 0 unspecified atom stereocenters. The van der Waals surface area contributed by atoms with Gasteiger partial charge in [0.1, 0.15) is 0 Å². The average Bonchev–Trinajstić information content (AvgIpc) is 3.17. The molecule has 1 fully saturated rings. The molecule has 4 rings (SSSR count). The van der Waals surface area contributed by atoms with E-state index in [9.17, 15) is 9.59 Å². The number of benzene rings is 1. The molecule has 1 N–H and O–H groups in total. The van der Waals surface area contributed by atoms with Crippen molar-refractivity contribution in [2.75, 3.05) is 0 Å². The highest BCUT2D eigenvalue weighted by Gasteiger charge is 2.27. The minimum absolute atomic E-state index is 0.319. The van der Waals surface area contributed by atoms with Crippen LogP contribution in [0.3, 0.4) is 0 Å². The number of aromatic nitrogens is 2. The Morgan fingerprint density at radius 1 is 1.25 bits per heavy atom. The SMILES string of the molecule is O=C1NC(=O)C(=Cc2c(-c3ccc(Cl)cc3Cl)nc3sccn23)S1. The van der Waals surface area contributed by atoms with E-state index in [1.54, 1.807) is 24.3 Å². The van der Waals surface area contributed by atoms with E-state index in [1.807, 2.05) is 16.0 Å². The first-order valence-corrected chi connectivity index (χ1v) is 9.14. The smallest absolute Gasteiger partial charge is 0.290 e. The Bertz CT molecular complexity index is 1040. The van der Waals surface area contributed by atoms with E-state index in [1.165, 1.54) is 11.3 Å². The number of nitrogens with one attached hydrogen (secondary N) is 1. The molecule has 120 valence electrons. The number of rotatable bonds is 2. The largest absolute Gasteiger partial charge is 0.290 e. The summed E-state index contributed by atoms with van der Waals surface area (Å²) < 4.78 is 1.86. The van der Waals surface area contributed by atoms with Gasteiger partial charge in [-0.1, -0.05) is 23.2 Å². The topological polar surface area (TPSA) is 63.5 Å². The van der Waals surface area contributed by atoms with E-state index in [-0.39, 0.29) is 5.24 Å². The number of halogens is 2. The summed E-state index contributed by atoms with van der Waals surface area (Å²) in [5.41, 5.74) is 2.02. The van der Waals surface area contributed by atoms with Crippen molar-refractivity contribution >= 4 is 68.5 Å². The Kier molecular flexibility index (Phi) is 3.88. The third-order valence-corrected chi connectivity index (χ3v) is 5.51. The highest BCUT2D eigenvalue weighted by molar-refractivity contribution is 8.18. The Morgan fingerprint density at radius 3 is 2.79 bits per heavy atom. The number of imidazole rings is 1. The third-order valence-electron chi connectivity index (χ3n) is 3.40. The van der Waals surface area contributed by atoms with Crippen molar-refractivity contribution in [3.63, 3.8) is 0 Å². The number of thioether (sulfide) groups is 1. The van der Waals surface area contributed by atoms with Crippen LogP contribution in [0.4, 0.5) is 4.79 Å². The van der Waals surface area contributed by atoms with E-state index in [2.05, 4.69) is 10.3 Å². The molecule has 0 saturated carbocycles. The Hall–Kier alpha value is -1.80. The van der Waals surface area contributed by atoms with Crippen molar-refractivity contribution in [2.24, 2.45) is 0 Å². The van der Waals surface area contributed by atoms with Crippen molar-refractivity contribution in [3.05, 3.63) is 50.4 Å². The van der Waals surface area contributed by atoms with E-state index in [0.29, 0.717) is 31.9 Å². The number of carbonyl (C=O) groups excluding carboxylic acids is 2. The second-order valence-corrected chi connectivity index (χ2v) is 7.61. The molecule has 1 aliphatic rings. The summed E-state index contributed by atoms with van der Waals surface area (Å²) in [7, 11) is 0. The van der Waals surface area contributed by atoms with Gasteiger partial charge in [0.2, 0.25) is 0 Å². The molecule has 3 aromatic rings. The number of hydrogen-bond donors (Lipinski definition) is 1. The van der Waals surface area contributed by atoms with Crippen LogP contribution in [0.5, 0.6) is 0 Å². The summed E-state index contributed by atoms with van der Waals surface area (Å²) in [5.74, 6) is -0.414. The molecule has 24 heavy (non-hydrogen) atoms. The molecule has 2 aromatic heterocycles. The zero-order chi connectivity index (χ0) is 16.8. The van der Waals surface area contributed by atoms with Gasteiger partial charge in [0.25, 0.3) is 11.1 Å². The number of imide groups is 1. The third kappa shape index (κ3) is 2.63. The number of carbonyl (C=O) groups is 2. The lowest BCUT2D eigenvalue weighted by Crippen LogP contribution is -2.17. The number of fused-ring (bicyclic) bond motifs is 1. The Balaban J connectivity index is 1.94. The van der Waals surface area contributed by atoms with Gasteiger partial charge >= 0.3 is 0 Å². The summed E-state index contributed by atoms with van der Waals surface area (Å²) in [6.45, 7) is 0. The van der Waals surface area contributed by atoms with Crippen LogP contribution in [0.25, 0.3) is 22.3 Å². The maximum atomic E-state index is 11.9. The lowest BCUT2D eigenvalue weighted by molar-refractivity contribution is -0.115. The first kappa shape index (κ1) is 15.7.